The van der Waals surface area contributed by atoms with Crippen molar-refractivity contribution in [2.45, 2.75) is 59.0 Å². The summed E-state index contributed by atoms with van der Waals surface area (Å²) in [4.78, 5) is 0. The van der Waals surface area contributed by atoms with E-state index in [0.29, 0.717) is 6.04 Å². The molecule has 0 radical (unpaired) electrons. The van der Waals surface area contributed by atoms with E-state index in [-0.39, 0.29) is 0 Å². The van der Waals surface area contributed by atoms with Crippen LogP contribution in [0.1, 0.15) is 52.0 Å². The Kier molecular flexibility index (Phi) is 8.12. The summed E-state index contributed by atoms with van der Waals surface area (Å²) in [6.07, 6.45) is 4.85. The van der Waals surface area contributed by atoms with Crippen molar-refractivity contribution in [2.75, 3.05) is 13.7 Å². The number of nitrogens with one attached hydrogen (secondary N) is 1. The topological polar surface area (TPSA) is 30.5 Å². The van der Waals surface area contributed by atoms with Crippen LogP contribution in [0.5, 0.6) is 11.5 Å². The molecule has 0 bridgehead atoms. The largest absolute Gasteiger partial charge is 0.493 e. The zero-order valence-electron chi connectivity index (χ0n) is 13.4. The average molecular weight is 279 g/mol. The van der Waals surface area contributed by atoms with Gasteiger partial charge in [0.1, 0.15) is 0 Å². The van der Waals surface area contributed by atoms with Crippen LogP contribution in [-0.4, -0.2) is 19.8 Å². The fraction of sp³-hybridized carbons (Fsp3) is 0.647. The number of methoxy groups -OCH3 is 1. The Balaban J connectivity index is 2.63. The number of rotatable bonds is 10. The quantitative estimate of drug-likeness (QED) is 0.653. The molecule has 3 nitrogen and oxygen atoms in total. The van der Waals surface area contributed by atoms with Crippen LogP contribution >= 0.6 is 0 Å². The van der Waals surface area contributed by atoms with E-state index in [1.165, 1.54) is 19.3 Å². The summed E-state index contributed by atoms with van der Waals surface area (Å²) in [5.41, 5.74) is 1.16. The molecule has 0 aliphatic heterocycles. The van der Waals surface area contributed by atoms with Crippen LogP contribution in [0.2, 0.25) is 0 Å². The van der Waals surface area contributed by atoms with Crippen molar-refractivity contribution in [3.63, 3.8) is 0 Å². The zero-order valence-corrected chi connectivity index (χ0v) is 13.4. The fourth-order valence-electron chi connectivity index (χ4n) is 2.04. The van der Waals surface area contributed by atoms with Gasteiger partial charge in [-0.2, -0.15) is 0 Å². The van der Waals surface area contributed by atoms with E-state index in [9.17, 15) is 0 Å². The molecular weight excluding hydrogens is 250 g/mol. The maximum absolute atomic E-state index is 5.97. The molecular formula is C17H29NO2. The van der Waals surface area contributed by atoms with Crippen molar-refractivity contribution in [2.24, 2.45) is 0 Å². The van der Waals surface area contributed by atoms with Gasteiger partial charge in [-0.3, -0.25) is 0 Å². The summed E-state index contributed by atoms with van der Waals surface area (Å²) in [7, 11) is 1.69. The lowest BCUT2D eigenvalue weighted by Gasteiger charge is -2.16. The van der Waals surface area contributed by atoms with E-state index in [2.05, 4.69) is 32.2 Å². The Morgan fingerprint density at radius 3 is 2.60 bits per heavy atom. The Labute approximate surface area is 123 Å². The van der Waals surface area contributed by atoms with E-state index in [0.717, 1.165) is 36.6 Å². The first-order valence-corrected chi connectivity index (χ1v) is 7.71. The molecule has 0 aromatic heterocycles. The van der Waals surface area contributed by atoms with Gasteiger partial charge in [-0.25, -0.2) is 0 Å². The smallest absolute Gasteiger partial charge is 0.165 e. The molecule has 0 aliphatic rings. The highest BCUT2D eigenvalue weighted by Gasteiger charge is 2.10. The van der Waals surface area contributed by atoms with Crippen LogP contribution in [0.4, 0.5) is 0 Å². The average Bonchev–Trinajstić information content (AvgIpc) is 2.45. The maximum Gasteiger partial charge on any atom is 0.165 e. The minimum Gasteiger partial charge on any atom is -0.493 e. The maximum atomic E-state index is 5.97. The van der Waals surface area contributed by atoms with E-state index in [1.807, 2.05) is 12.1 Å². The number of hydrogen-bond acceptors (Lipinski definition) is 3. The molecule has 1 N–H and O–H groups in total. The second-order valence-electron chi connectivity index (χ2n) is 5.39. The highest BCUT2D eigenvalue weighted by molar-refractivity contribution is 5.46. The molecule has 114 valence electrons. The Hall–Kier alpha value is -1.22. The van der Waals surface area contributed by atoms with Crippen LogP contribution < -0.4 is 14.8 Å². The summed E-state index contributed by atoms with van der Waals surface area (Å²) in [6, 6.07) is 6.53. The molecule has 1 aromatic rings. The standard InChI is InChI=1S/C17H29NO2/c1-5-6-7-8-12-20-17-15(13-18-14(2)3)10-9-11-16(17)19-4/h9-11,14,18H,5-8,12-13H2,1-4H3. The summed E-state index contributed by atoms with van der Waals surface area (Å²) in [5.74, 6) is 1.71. The van der Waals surface area contributed by atoms with Gasteiger partial charge in [0.05, 0.1) is 13.7 Å². The monoisotopic (exact) mass is 279 g/mol. The zero-order chi connectivity index (χ0) is 14.8. The van der Waals surface area contributed by atoms with Crippen LogP contribution in [0.15, 0.2) is 18.2 Å². The van der Waals surface area contributed by atoms with E-state index in [1.54, 1.807) is 7.11 Å². The first-order valence-electron chi connectivity index (χ1n) is 7.71. The van der Waals surface area contributed by atoms with Gasteiger partial charge < -0.3 is 14.8 Å². The predicted octanol–water partition coefficient (Wildman–Crippen LogP) is 4.15. The number of hydrogen-bond donors (Lipinski definition) is 1. The van der Waals surface area contributed by atoms with Gasteiger partial charge in [-0.05, 0) is 12.5 Å². The molecule has 0 heterocycles. The molecule has 1 aromatic carbocycles. The molecule has 3 heteroatoms. The third-order valence-corrected chi connectivity index (χ3v) is 3.23. The van der Waals surface area contributed by atoms with Gasteiger partial charge in [0.15, 0.2) is 11.5 Å². The van der Waals surface area contributed by atoms with Crippen LogP contribution in [0, 0.1) is 0 Å². The summed E-state index contributed by atoms with van der Waals surface area (Å²) < 4.78 is 11.4. The van der Waals surface area contributed by atoms with Crippen molar-refractivity contribution in [1.29, 1.82) is 0 Å². The molecule has 1 rings (SSSR count). The van der Waals surface area contributed by atoms with E-state index >= 15 is 0 Å². The van der Waals surface area contributed by atoms with Gasteiger partial charge in [0.25, 0.3) is 0 Å². The van der Waals surface area contributed by atoms with Crippen molar-refractivity contribution < 1.29 is 9.47 Å². The highest BCUT2D eigenvalue weighted by Crippen LogP contribution is 2.31. The number of ether oxygens (including phenoxy) is 2. The molecule has 0 spiro atoms. The summed E-state index contributed by atoms with van der Waals surface area (Å²) >= 11 is 0. The van der Waals surface area contributed by atoms with Gasteiger partial charge in [-0.15, -0.1) is 0 Å². The minimum atomic E-state index is 0.457. The Morgan fingerprint density at radius 2 is 1.95 bits per heavy atom. The highest BCUT2D eigenvalue weighted by atomic mass is 16.5. The summed E-state index contributed by atoms with van der Waals surface area (Å²) in [5, 5.41) is 3.43. The fourth-order valence-corrected chi connectivity index (χ4v) is 2.04. The molecule has 20 heavy (non-hydrogen) atoms. The molecule has 0 fully saturated rings. The first-order chi connectivity index (χ1) is 9.69. The van der Waals surface area contributed by atoms with Gasteiger partial charge in [0.2, 0.25) is 0 Å². The van der Waals surface area contributed by atoms with E-state index in [4.69, 9.17) is 9.47 Å². The van der Waals surface area contributed by atoms with Crippen LogP contribution in [0.25, 0.3) is 0 Å². The SMILES string of the molecule is CCCCCCOc1c(CNC(C)C)cccc1OC. The molecule has 0 amide bonds. The second kappa shape index (κ2) is 9.65. The van der Waals surface area contributed by atoms with Crippen LogP contribution in [-0.2, 0) is 6.54 Å². The molecule has 0 saturated carbocycles. The Morgan fingerprint density at radius 1 is 1.15 bits per heavy atom. The van der Waals surface area contributed by atoms with Crippen molar-refractivity contribution in [3.05, 3.63) is 23.8 Å². The molecule has 0 atom stereocenters. The number of unbranched alkanes of at least 4 members (excludes halogenated alkanes) is 3. The normalized spacial score (nSPS) is 10.8. The van der Waals surface area contributed by atoms with Crippen molar-refractivity contribution >= 4 is 0 Å². The van der Waals surface area contributed by atoms with Gasteiger partial charge >= 0.3 is 0 Å². The van der Waals surface area contributed by atoms with Crippen molar-refractivity contribution in [1.82, 2.24) is 5.32 Å². The van der Waals surface area contributed by atoms with E-state index < -0.39 is 0 Å². The van der Waals surface area contributed by atoms with Crippen molar-refractivity contribution in [3.8, 4) is 11.5 Å². The third-order valence-electron chi connectivity index (χ3n) is 3.23. The molecule has 0 saturated heterocycles. The molecule has 0 aliphatic carbocycles. The predicted molar refractivity (Wildman–Crippen MR) is 84.6 cm³/mol. The molecule has 0 unspecified atom stereocenters. The third kappa shape index (κ3) is 5.83. The summed E-state index contributed by atoms with van der Waals surface area (Å²) in [6.45, 7) is 8.07. The van der Waals surface area contributed by atoms with Crippen LogP contribution in [0.3, 0.4) is 0 Å². The lowest BCUT2D eigenvalue weighted by molar-refractivity contribution is 0.281. The first kappa shape index (κ1) is 16.8. The number of para-hydroxylation sites is 1. The Bertz CT molecular complexity index is 377. The van der Waals surface area contributed by atoms with Gasteiger partial charge in [-0.1, -0.05) is 52.2 Å². The lowest BCUT2D eigenvalue weighted by atomic mass is 10.1. The second-order valence-corrected chi connectivity index (χ2v) is 5.39. The lowest BCUT2D eigenvalue weighted by Crippen LogP contribution is -2.22. The number of benzene rings is 1. The van der Waals surface area contributed by atoms with Gasteiger partial charge in [0, 0.05) is 18.2 Å². The minimum absolute atomic E-state index is 0.457.